The lowest BCUT2D eigenvalue weighted by atomic mass is 9.64. The summed E-state index contributed by atoms with van der Waals surface area (Å²) < 4.78 is 0. The summed E-state index contributed by atoms with van der Waals surface area (Å²) in [6, 6.07) is 8.63. The van der Waals surface area contributed by atoms with Gasteiger partial charge in [0.25, 0.3) is 0 Å². The van der Waals surface area contributed by atoms with Crippen LogP contribution in [0.15, 0.2) is 35.4 Å². The smallest absolute Gasteiger partial charge is 0.160 e. The second kappa shape index (κ2) is 6.47. The molecule has 1 atom stereocenters. The Hall–Kier alpha value is -2.16. The first-order chi connectivity index (χ1) is 12.8. The first kappa shape index (κ1) is 18.2. The van der Waals surface area contributed by atoms with E-state index in [1.807, 2.05) is 0 Å². The monoisotopic (exact) mass is 362 g/mol. The van der Waals surface area contributed by atoms with E-state index in [9.17, 15) is 4.79 Å². The molecule has 0 amide bonds. The van der Waals surface area contributed by atoms with Crippen molar-refractivity contribution in [2.24, 2.45) is 5.41 Å². The molecule has 2 aromatic rings. The maximum atomic E-state index is 13.4. The highest BCUT2D eigenvalue weighted by atomic mass is 16.1. The second-order valence-electron chi connectivity index (χ2n) is 9.28. The van der Waals surface area contributed by atoms with Gasteiger partial charge in [0, 0.05) is 35.6 Å². The van der Waals surface area contributed by atoms with E-state index >= 15 is 0 Å². The van der Waals surface area contributed by atoms with E-state index in [-0.39, 0.29) is 11.3 Å². The molecular formula is C24H30N2O. The molecule has 3 heteroatoms. The predicted octanol–water partition coefficient (Wildman–Crippen LogP) is 5.47. The highest BCUT2D eigenvalue weighted by Crippen LogP contribution is 2.50. The molecule has 0 radical (unpaired) electrons. The number of rotatable bonds is 3. The SMILES string of the molecule is CCc1ccccc1[C@@H]1C2=C(Cc3[nH]nc(C(C)C)c31)CC(C)(C)CC2=O. The number of nitrogens with zero attached hydrogens (tertiary/aromatic N) is 1. The van der Waals surface area contributed by atoms with E-state index in [1.165, 1.54) is 28.0 Å². The molecule has 0 spiro atoms. The third kappa shape index (κ3) is 2.97. The van der Waals surface area contributed by atoms with Crippen molar-refractivity contribution in [3.8, 4) is 0 Å². The standard InChI is InChI=1S/C24H30N2O/c1-6-15-9-7-8-10-17(15)21-20-16(12-24(4,5)13-19(20)27)11-18-22(21)23(14(2)3)26-25-18/h7-10,14,21H,6,11-13H2,1-5H3,(H,25,26)/t21-/m1/s1. The molecule has 2 aliphatic rings. The molecule has 0 bridgehead atoms. The van der Waals surface area contributed by atoms with Crippen molar-refractivity contribution in [2.75, 3.05) is 0 Å². The van der Waals surface area contributed by atoms with Crippen molar-refractivity contribution in [1.29, 1.82) is 0 Å². The lowest BCUT2D eigenvalue weighted by molar-refractivity contribution is -0.118. The van der Waals surface area contributed by atoms with Gasteiger partial charge in [0.05, 0.1) is 5.69 Å². The van der Waals surface area contributed by atoms with Gasteiger partial charge in [0.1, 0.15) is 0 Å². The van der Waals surface area contributed by atoms with Crippen molar-refractivity contribution in [1.82, 2.24) is 10.2 Å². The topological polar surface area (TPSA) is 45.8 Å². The number of aromatic amines is 1. The molecular weight excluding hydrogens is 332 g/mol. The van der Waals surface area contributed by atoms with Crippen LogP contribution in [0.5, 0.6) is 0 Å². The normalized spacial score (nSPS) is 21.4. The average Bonchev–Trinajstić information content (AvgIpc) is 3.02. The molecule has 0 saturated carbocycles. The number of hydrogen-bond acceptors (Lipinski definition) is 2. The zero-order valence-corrected chi connectivity index (χ0v) is 17.1. The van der Waals surface area contributed by atoms with Crippen LogP contribution in [0.1, 0.15) is 87.4 Å². The van der Waals surface area contributed by atoms with Crippen molar-refractivity contribution in [3.05, 3.63) is 63.5 Å². The maximum Gasteiger partial charge on any atom is 0.160 e. The maximum absolute atomic E-state index is 13.4. The third-order valence-corrected chi connectivity index (χ3v) is 6.19. The van der Waals surface area contributed by atoms with Gasteiger partial charge in [-0.05, 0) is 35.3 Å². The van der Waals surface area contributed by atoms with Crippen LogP contribution in [0.4, 0.5) is 0 Å². The van der Waals surface area contributed by atoms with E-state index in [4.69, 9.17) is 0 Å². The summed E-state index contributed by atoms with van der Waals surface area (Å²) in [5, 5.41) is 8.01. The van der Waals surface area contributed by atoms with Gasteiger partial charge in [-0.1, -0.05) is 64.5 Å². The Labute approximate surface area is 162 Å². The Morgan fingerprint density at radius 2 is 1.96 bits per heavy atom. The molecule has 0 saturated heterocycles. The van der Waals surface area contributed by atoms with Gasteiger partial charge in [-0.2, -0.15) is 5.10 Å². The van der Waals surface area contributed by atoms with Crippen LogP contribution >= 0.6 is 0 Å². The molecule has 1 aromatic carbocycles. The molecule has 0 fully saturated rings. The first-order valence-electron chi connectivity index (χ1n) is 10.2. The van der Waals surface area contributed by atoms with Gasteiger partial charge >= 0.3 is 0 Å². The number of aromatic nitrogens is 2. The Kier molecular flexibility index (Phi) is 4.37. The number of carbonyl (C=O) groups is 1. The van der Waals surface area contributed by atoms with Crippen molar-refractivity contribution < 1.29 is 4.79 Å². The molecule has 142 valence electrons. The number of hydrogen-bond donors (Lipinski definition) is 1. The number of benzene rings is 1. The van der Waals surface area contributed by atoms with Gasteiger partial charge in [-0.25, -0.2) is 0 Å². The lowest BCUT2D eigenvalue weighted by Gasteiger charge is -2.38. The molecule has 1 heterocycles. The minimum atomic E-state index is 0.0275. The number of ketones is 1. The summed E-state index contributed by atoms with van der Waals surface area (Å²) in [6.07, 6.45) is 3.44. The quantitative estimate of drug-likeness (QED) is 0.787. The zero-order chi connectivity index (χ0) is 19.3. The number of nitrogens with one attached hydrogen (secondary N) is 1. The fourth-order valence-electron chi connectivity index (χ4n) is 5.09. The average molecular weight is 363 g/mol. The molecule has 0 unspecified atom stereocenters. The number of fused-ring (bicyclic) bond motifs is 1. The summed E-state index contributed by atoms with van der Waals surface area (Å²) >= 11 is 0. The molecule has 0 aliphatic heterocycles. The summed E-state index contributed by atoms with van der Waals surface area (Å²) in [5.74, 6) is 0.692. The fraction of sp³-hybridized carbons (Fsp3) is 0.500. The van der Waals surface area contributed by atoms with Crippen LogP contribution in [0, 0.1) is 5.41 Å². The van der Waals surface area contributed by atoms with Crippen LogP contribution in [0.25, 0.3) is 0 Å². The molecule has 2 aliphatic carbocycles. The van der Waals surface area contributed by atoms with E-state index in [0.29, 0.717) is 18.1 Å². The summed E-state index contributed by atoms with van der Waals surface area (Å²) in [6.45, 7) is 11.0. The van der Waals surface area contributed by atoms with E-state index < -0.39 is 0 Å². The summed E-state index contributed by atoms with van der Waals surface area (Å²) in [4.78, 5) is 13.4. The fourth-order valence-corrected chi connectivity index (χ4v) is 5.09. The third-order valence-electron chi connectivity index (χ3n) is 6.19. The van der Waals surface area contributed by atoms with E-state index in [2.05, 4.69) is 69.1 Å². The van der Waals surface area contributed by atoms with Gasteiger partial charge in [-0.15, -0.1) is 0 Å². The predicted molar refractivity (Wildman–Crippen MR) is 109 cm³/mol. The van der Waals surface area contributed by atoms with Crippen molar-refractivity contribution in [3.63, 3.8) is 0 Å². The minimum absolute atomic E-state index is 0.0275. The highest BCUT2D eigenvalue weighted by molar-refractivity contribution is 6.00. The molecule has 3 nitrogen and oxygen atoms in total. The zero-order valence-electron chi connectivity index (χ0n) is 17.1. The number of Topliss-reactive ketones (excluding diaryl/α,β-unsaturated/α-hetero) is 1. The number of allylic oxidation sites excluding steroid dienone is 2. The van der Waals surface area contributed by atoms with Crippen LogP contribution in [-0.4, -0.2) is 16.0 Å². The van der Waals surface area contributed by atoms with Gasteiger partial charge < -0.3 is 0 Å². The lowest BCUT2D eigenvalue weighted by Crippen LogP contribution is -2.32. The largest absolute Gasteiger partial charge is 0.294 e. The molecule has 1 aromatic heterocycles. The second-order valence-corrected chi connectivity index (χ2v) is 9.28. The highest BCUT2D eigenvalue weighted by Gasteiger charge is 2.42. The minimum Gasteiger partial charge on any atom is -0.294 e. The van der Waals surface area contributed by atoms with Crippen LogP contribution < -0.4 is 0 Å². The van der Waals surface area contributed by atoms with Gasteiger partial charge in [-0.3, -0.25) is 9.89 Å². The summed E-state index contributed by atoms with van der Waals surface area (Å²) in [7, 11) is 0. The number of aryl methyl sites for hydroxylation is 1. The summed E-state index contributed by atoms with van der Waals surface area (Å²) in [5.41, 5.74) is 8.62. The molecule has 4 rings (SSSR count). The van der Waals surface area contributed by atoms with Crippen LogP contribution in [0.3, 0.4) is 0 Å². The van der Waals surface area contributed by atoms with Crippen molar-refractivity contribution >= 4 is 5.78 Å². The Bertz CT molecular complexity index is 930. The van der Waals surface area contributed by atoms with Crippen LogP contribution in [0.2, 0.25) is 0 Å². The number of carbonyl (C=O) groups excluding carboxylic acids is 1. The van der Waals surface area contributed by atoms with E-state index in [1.54, 1.807) is 0 Å². The van der Waals surface area contributed by atoms with Gasteiger partial charge in [0.2, 0.25) is 0 Å². The van der Waals surface area contributed by atoms with Gasteiger partial charge in [0.15, 0.2) is 5.78 Å². The Balaban J connectivity index is 1.98. The van der Waals surface area contributed by atoms with Crippen LogP contribution in [-0.2, 0) is 17.6 Å². The van der Waals surface area contributed by atoms with Crippen molar-refractivity contribution in [2.45, 2.75) is 72.1 Å². The number of H-pyrrole nitrogens is 1. The molecule has 1 N–H and O–H groups in total. The van der Waals surface area contributed by atoms with E-state index in [0.717, 1.165) is 30.5 Å². The molecule has 27 heavy (non-hydrogen) atoms. The first-order valence-corrected chi connectivity index (χ1v) is 10.2. The Morgan fingerprint density at radius 1 is 1.22 bits per heavy atom. The Morgan fingerprint density at radius 3 is 2.67 bits per heavy atom.